The number of halogens is 3. The van der Waals surface area contributed by atoms with E-state index in [2.05, 4.69) is 9.47 Å². The lowest BCUT2D eigenvalue weighted by molar-refractivity contribution is -0.274. The Bertz CT molecular complexity index is 562. The molecule has 0 saturated carbocycles. The molecule has 1 aromatic carbocycles. The first-order valence-electron chi connectivity index (χ1n) is 4.81. The number of rotatable bonds is 4. The summed E-state index contributed by atoms with van der Waals surface area (Å²) in [5, 5.41) is 1.68. The number of ether oxygens (including phenoxy) is 2. The predicted octanol–water partition coefficient (Wildman–Crippen LogP) is 3.47. The van der Waals surface area contributed by atoms with Gasteiger partial charge in [-0.05, 0) is 17.7 Å². The second-order valence-corrected chi connectivity index (χ2v) is 4.30. The maximum absolute atomic E-state index is 12.1. The molecule has 0 atom stereocenters. The summed E-state index contributed by atoms with van der Waals surface area (Å²) >= 11 is 1.13. The minimum atomic E-state index is -4.70. The van der Waals surface area contributed by atoms with Gasteiger partial charge in [-0.25, -0.2) is 0 Å². The fourth-order valence-corrected chi connectivity index (χ4v) is 2.40. The maximum Gasteiger partial charge on any atom is 0.573 e. The zero-order valence-corrected chi connectivity index (χ0v) is 9.68. The molecule has 2 rings (SSSR count). The highest BCUT2D eigenvalue weighted by Gasteiger charge is 2.32. The van der Waals surface area contributed by atoms with Crippen molar-refractivity contribution >= 4 is 27.9 Å². The van der Waals surface area contributed by atoms with Gasteiger partial charge in [0, 0.05) is 15.5 Å². The first-order valence-corrected chi connectivity index (χ1v) is 5.69. The smallest absolute Gasteiger partial charge is 0.463 e. The van der Waals surface area contributed by atoms with E-state index in [1.807, 2.05) is 0 Å². The number of hydrogen-bond donors (Lipinski definition) is 0. The molecule has 0 aliphatic carbocycles. The molecule has 0 spiro atoms. The van der Waals surface area contributed by atoms with E-state index < -0.39 is 6.36 Å². The van der Waals surface area contributed by atoms with Crippen LogP contribution >= 0.6 is 11.3 Å². The Morgan fingerprint density at radius 3 is 2.78 bits per heavy atom. The van der Waals surface area contributed by atoms with Crippen molar-refractivity contribution in [3.05, 3.63) is 29.1 Å². The summed E-state index contributed by atoms with van der Waals surface area (Å²) in [5.74, 6) is -0.217. The molecule has 0 aliphatic rings. The quantitative estimate of drug-likeness (QED) is 0.802. The van der Waals surface area contributed by atoms with Crippen molar-refractivity contribution < 1.29 is 27.4 Å². The lowest BCUT2D eigenvalue weighted by atomic mass is 10.2. The van der Waals surface area contributed by atoms with E-state index >= 15 is 0 Å². The minimum absolute atomic E-state index is 0.0901. The van der Waals surface area contributed by atoms with Crippen LogP contribution in [0.5, 0.6) is 5.75 Å². The van der Waals surface area contributed by atoms with Gasteiger partial charge < -0.3 is 9.47 Å². The SMILES string of the molecule is O=COCc1ccc2c(OC(F)(F)F)csc2c1. The maximum atomic E-state index is 12.1. The Morgan fingerprint density at radius 2 is 2.11 bits per heavy atom. The van der Waals surface area contributed by atoms with Crippen LogP contribution in [0.2, 0.25) is 0 Å². The van der Waals surface area contributed by atoms with Gasteiger partial charge in [-0.2, -0.15) is 0 Å². The average Bonchev–Trinajstić information content (AvgIpc) is 2.67. The van der Waals surface area contributed by atoms with Crippen LogP contribution in [-0.4, -0.2) is 12.8 Å². The van der Waals surface area contributed by atoms with Gasteiger partial charge in [0.2, 0.25) is 0 Å². The molecular formula is C11H7F3O3S. The van der Waals surface area contributed by atoms with E-state index in [1.165, 1.54) is 11.4 Å². The van der Waals surface area contributed by atoms with Gasteiger partial charge in [0.25, 0.3) is 6.47 Å². The average molecular weight is 276 g/mol. The van der Waals surface area contributed by atoms with Crippen molar-refractivity contribution in [1.29, 1.82) is 0 Å². The summed E-state index contributed by atoms with van der Waals surface area (Å²) in [6.45, 7) is 0.406. The number of alkyl halides is 3. The fourth-order valence-electron chi connectivity index (χ4n) is 1.47. The molecule has 0 radical (unpaired) electrons. The van der Waals surface area contributed by atoms with Crippen molar-refractivity contribution in [3.8, 4) is 5.75 Å². The number of hydrogen-bond acceptors (Lipinski definition) is 4. The summed E-state index contributed by atoms with van der Waals surface area (Å²) in [4.78, 5) is 10.0. The van der Waals surface area contributed by atoms with Crippen molar-refractivity contribution in [2.24, 2.45) is 0 Å². The minimum Gasteiger partial charge on any atom is -0.463 e. The molecule has 0 aliphatic heterocycles. The largest absolute Gasteiger partial charge is 0.573 e. The molecule has 1 aromatic heterocycles. The highest BCUT2D eigenvalue weighted by molar-refractivity contribution is 7.17. The third-order valence-electron chi connectivity index (χ3n) is 2.15. The summed E-state index contributed by atoms with van der Waals surface area (Å²) in [6.07, 6.45) is -4.70. The molecule has 2 aromatic rings. The van der Waals surface area contributed by atoms with Crippen LogP contribution < -0.4 is 4.74 Å². The lowest BCUT2D eigenvalue weighted by Gasteiger charge is -2.07. The third kappa shape index (κ3) is 2.92. The van der Waals surface area contributed by atoms with Crippen molar-refractivity contribution in [2.45, 2.75) is 13.0 Å². The molecule has 18 heavy (non-hydrogen) atoms. The Morgan fingerprint density at radius 1 is 1.33 bits per heavy atom. The molecule has 0 saturated heterocycles. The summed E-state index contributed by atoms with van der Waals surface area (Å²) < 4.78 is 45.5. The molecule has 3 nitrogen and oxygen atoms in total. The number of fused-ring (bicyclic) bond motifs is 1. The van der Waals surface area contributed by atoms with Crippen molar-refractivity contribution in [3.63, 3.8) is 0 Å². The summed E-state index contributed by atoms with van der Waals surface area (Å²) in [5.41, 5.74) is 0.704. The van der Waals surface area contributed by atoms with Gasteiger partial charge in [-0.15, -0.1) is 24.5 Å². The standard InChI is InChI=1S/C11H7F3O3S/c12-11(13,14)17-9-5-18-10-3-7(4-16-6-15)1-2-8(9)10/h1-3,5-6H,4H2. The molecule has 0 N–H and O–H groups in total. The lowest BCUT2D eigenvalue weighted by Crippen LogP contribution is -2.16. The van der Waals surface area contributed by atoms with E-state index in [0.717, 1.165) is 11.3 Å². The van der Waals surface area contributed by atoms with Crippen LogP contribution in [0, 0.1) is 0 Å². The van der Waals surface area contributed by atoms with Crippen LogP contribution in [0.25, 0.3) is 10.1 Å². The number of carbonyl (C=O) groups is 1. The Balaban J connectivity index is 2.29. The van der Waals surface area contributed by atoms with E-state index in [-0.39, 0.29) is 12.4 Å². The second-order valence-electron chi connectivity index (χ2n) is 3.39. The zero-order chi connectivity index (χ0) is 13.2. The van der Waals surface area contributed by atoms with Crippen LogP contribution in [0.3, 0.4) is 0 Å². The summed E-state index contributed by atoms with van der Waals surface area (Å²) in [7, 11) is 0. The Labute approximate surface area is 104 Å². The molecule has 0 unspecified atom stereocenters. The van der Waals surface area contributed by atoms with Gasteiger partial charge in [-0.1, -0.05) is 6.07 Å². The van der Waals surface area contributed by atoms with Crippen molar-refractivity contribution in [2.75, 3.05) is 0 Å². The highest BCUT2D eigenvalue weighted by atomic mass is 32.1. The predicted molar refractivity (Wildman–Crippen MR) is 59.4 cm³/mol. The molecular weight excluding hydrogens is 269 g/mol. The fraction of sp³-hybridized carbons (Fsp3) is 0.182. The van der Waals surface area contributed by atoms with E-state index in [0.29, 0.717) is 22.1 Å². The first-order chi connectivity index (χ1) is 8.49. The zero-order valence-electron chi connectivity index (χ0n) is 8.86. The third-order valence-corrected chi connectivity index (χ3v) is 3.07. The molecule has 96 valence electrons. The van der Waals surface area contributed by atoms with Gasteiger partial charge in [0.15, 0.2) is 0 Å². The van der Waals surface area contributed by atoms with Gasteiger partial charge in [0.05, 0.1) is 0 Å². The number of carbonyl (C=O) groups excluding carboxylic acids is 1. The van der Waals surface area contributed by atoms with Crippen LogP contribution in [0.1, 0.15) is 5.56 Å². The monoisotopic (exact) mass is 276 g/mol. The normalized spacial score (nSPS) is 11.5. The van der Waals surface area contributed by atoms with E-state index in [4.69, 9.17) is 0 Å². The molecule has 7 heteroatoms. The Hall–Kier alpha value is -1.76. The number of thiophene rings is 1. The van der Waals surface area contributed by atoms with Gasteiger partial charge >= 0.3 is 6.36 Å². The summed E-state index contributed by atoms with van der Waals surface area (Å²) in [6, 6.07) is 4.75. The number of benzene rings is 1. The highest BCUT2D eigenvalue weighted by Crippen LogP contribution is 2.36. The van der Waals surface area contributed by atoms with Crippen LogP contribution in [0.15, 0.2) is 23.6 Å². The van der Waals surface area contributed by atoms with Gasteiger partial charge in [0.1, 0.15) is 12.4 Å². The molecule has 0 bridgehead atoms. The van der Waals surface area contributed by atoms with Gasteiger partial charge in [-0.3, -0.25) is 4.79 Å². The molecule has 1 heterocycles. The van der Waals surface area contributed by atoms with E-state index in [1.54, 1.807) is 12.1 Å². The second kappa shape index (κ2) is 4.85. The first kappa shape index (κ1) is 12.7. The van der Waals surface area contributed by atoms with E-state index in [9.17, 15) is 18.0 Å². The molecule has 0 fully saturated rings. The van der Waals surface area contributed by atoms with Crippen LogP contribution in [-0.2, 0) is 16.1 Å². The van der Waals surface area contributed by atoms with Crippen molar-refractivity contribution in [1.82, 2.24) is 0 Å². The topological polar surface area (TPSA) is 35.5 Å². The molecule has 0 amide bonds. The van der Waals surface area contributed by atoms with Crippen LogP contribution in [0.4, 0.5) is 13.2 Å². The Kier molecular flexibility index (Phi) is 3.42.